The minimum atomic E-state index is -0.265. The van der Waals surface area contributed by atoms with Gasteiger partial charge in [-0.15, -0.1) is 0 Å². The summed E-state index contributed by atoms with van der Waals surface area (Å²) in [5.74, 6) is -0.265. The van der Waals surface area contributed by atoms with Crippen molar-refractivity contribution < 1.29 is 9.53 Å². The Balaban J connectivity index is 2.48. The van der Waals surface area contributed by atoms with E-state index in [0.717, 1.165) is 16.5 Å². The van der Waals surface area contributed by atoms with E-state index in [9.17, 15) is 4.79 Å². The van der Waals surface area contributed by atoms with Crippen LogP contribution in [0.2, 0.25) is 0 Å². The van der Waals surface area contributed by atoms with E-state index in [1.807, 2.05) is 18.2 Å². The molecule has 1 aromatic carbocycles. The molecule has 0 saturated heterocycles. The Bertz CT molecular complexity index is 504. The minimum Gasteiger partial charge on any atom is -0.469 e. The fourth-order valence-electron chi connectivity index (χ4n) is 1.65. The standard InChI is InChI=1S/C11H10BNO2/c1-15-10(14)5-7-6-13-9-4-2-3-8(12)11(7)9/h2-4,6,13H,5H2,1H3. The highest BCUT2D eigenvalue weighted by Crippen LogP contribution is 2.16. The van der Waals surface area contributed by atoms with Gasteiger partial charge in [0, 0.05) is 11.7 Å². The van der Waals surface area contributed by atoms with Gasteiger partial charge in [0.1, 0.15) is 7.85 Å². The molecule has 0 amide bonds. The molecule has 0 aliphatic rings. The number of ether oxygens (including phenoxy) is 1. The topological polar surface area (TPSA) is 42.1 Å². The summed E-state index contributed by atoms with van der Waals surface area (Å²) >= 11 is 0. The molecule has 1 heterocycles. The molecular weight excluding hydrogens is 189 g/mol. The van der Waals surface area contributed by atoms with Crippen LogP contribution in [0.15, 0.2) is 24.4 Å². The molecule has 1 N–H and O–H groups in total. The maximum Gasteiger partial charge on any atom is 0.310 e. The van der Waals surface area contributed by atoms with Crippen LogP contribution in [0.1, 0.15) is 5.56 Å². The van der Waals surface area contributed by atoms with Crippen molar-refractivity contribution in [2.24, 2.45) is 0 Å². The maximum absolute atomic E-state index is 11.2. The predicted molar refractivity (Wildman–Crippen MR) is 59.4 cm³/mol. The van der Waals surface area contributed by atoms with Crippen molar-refractivity contribution in [3.8, 4) is 0 Å². The van der Waals surface area contributed by atoms with Crippen molar-refractivity contribution in [3.05, 3.63) is 30.0 Å². The van der Waals surface area contributed by atoms with Crippen molar-refractivity contribution in [2.45, 2.75) is 6.42 Å². The summed E-state index contributed by atoms with van der Waals surface area (Å²) in [5.41, 5.74) is 2.48. The summed E-state index contributed by atoms with van der Waals surface area (Å²) < 4.78 is 4.62. The lowest BCUT2D eigenvalue weighted by atomic mass is 9.90. The molecule has 0 fully saturated rings. The van der Waals surface area contributed by atoms with Gasteiger partial charge in [0.15, 0.2) is 0 Å². The van der Waals surface area contributed by atoms with Crippen molar-refractivity contribution >= 4 is 30.2 Å². The Labute approximate surface area is 88.8 Å². The Hall–Kier alpha value is -1.71. The fourth-order valence-corrected chi connectivity index (χ4v) is 1.65. The Morgan fingerprint density at radius 3 is 3.07 bits per heavy atom. The average molecular weight is 199 g/mol. The maximum atomic E-state index is 11.2. The average Bonchev–Trinajstić information content (AvgIpc) is 2.63. The number of H-pyrrole nitrogens is 1. The van der Waals surface area contributed by atoms with Gasteiger partial charge in [0.05, 0.1) is 13.5 Å². The second kappa shape index (κ2) is 3.81. The van der Waals surface area contributed by atoms with Gasteiger partial charge in [-0.05, 0) is 17.0 Å². The number of carbonyl (C=O) groups is 1. The summed E-state index contributed by atoms with van der Waals surface area (Å²) in [7, 11) is 7.22. The molecule has 4 heteroatoms. The molecule has 2 aromatic rings. The molecule has 1 aromatic heterocycles. The van der Waals surface area contributed by atoms with Crippen LogP contribution in [-0.2, 0) is 16.0 Å². The van der Waals surface area contributed by atoms with E-state index < -0.39 is 0 Å². The lowest BCUT2D eigenvalue weighted by molar-refractivity contribution is -0.139. The van der Waals surface area contributed by atoms with E-state index in [2.05, 4.69) is 9.72 Å². The molecule has 2 radical (unpaired) electrons. The summed E-state index contributed by atoms with van der Waals surface area (Å²) in [6, 6.07) is 5.61. The number of aromatic nitrogens is 1. The number of fused-ring (bicyclic) bond motifs is 1. The third-order valence-electron chi connectivity index (χ3n) is 2.38. The third-order valence-corrected chi connectivity index (χ3v) is 2.38. The second-order valence-corrected chi connectivity index (χ2v) is 3.34. The summed E-state index contributed by atoms with van der Waals surface area (Å²) in [6.45, 7) is 0. The lowest BCUT2D eigenvalue weighted by Crippen LogP contribution is -2.08. The van der Waals surface area contributed by atoms with Crippen LogP contribution in [0.5, 0.6) is 0 Å². The summed E-state index contributed by atoms with van der Waals surface area (Å²) in [5, 5.41) is 0.905. The lowest BCUT2D eigenvalue weighted by Gasteiger charge is -2.01. The first-order valence-corrected chi connectivity index (χ1v) is 4.63. The van der Waals surface area contributed by atoms with E-state index in [4.69, 9.17) is 7.85 Å². The van der Waals surface area contributed by atoms with Crippen molar-refractivity contribution in [1.82, 2.24) is 4.98 Å². The quantitative estimate of drug-likeness (QED) is 0.570. The van der Waals surface area contributed by atoms with Crippen LogP contribution in [-0.4, -0.2) is 25.9 Å². The number of methoxy groups -OCH3 is 1. The van der Waals surface area contributed by atoms with Gasteiger partial charge in [0.25, 0.3) is 0 Å². The Morgan fingerprint density at radius 1 is 1.53 bits per heavy atom. The zero-order chi connectivity index (χ0) is 10.8. The van der Waals surface area contributed by atoms with Crippen LogP contribution < -0.4 is 5.46 Å². The van der Waals surface area contributed by atoms with Gasteiger partial charge in [0.2, 0.25) is 0 Å². The number of hydrogen-bond donors (Lipinski definition) is 1. The number of aromatic amines is 1. The van der Waals surface area contributed by atoms with Crippen molar-refractivity contribution in [3.63, 3.8) is 0 Å². The highest BCUT2D eigenvalue weighted by Gasteiger charge is 2.09. The molecule has 15 heavy (non-hydrogen) atoms. The molecule has 0 bridgehead atoms. The molecule has 0 aliphatic heterocycles. The van der Waals surface area contributed by atoms with E-state index in [1.165, 1.54) is 7.11 Å². The van der Waals surface area contributed by atoms with Gasteiger partial charge in [-0.25, -0.2) is 0 Å². The zero-order valence-corrected chi connectivity index (χ0v) is 8.41. The predicted octanol–water partition coefficient (Wildman–Crippen LogP) is 0.677. The van der Waals surface area contributed by atoms with E-state index in [1.54, 1.807) is 6.20 Å². The van der Waals surface area contributed by atoms with Crippen LogP contribution in [0.3, 0.4) is 0 Å². The number of nitrogens with one attached hydrogen (secondary N) is 1. The van der Waals surface area contributed by atoms with Crippen LogP contribution in [0.25, 0.3) is 10.9 Å². The molecule has 0 aliphatic carbocycles. The molecule has 0 unspecified atom stereocenters. The van der Waals surface area contributed by atoms with Crippen LogP contribution in [0.4, 0.5) is 0 Å². The Kier molecular flexibility index (Phi) is 2.50. The van der Waals surface area contributed by atoms with Gasteiger partial charge < -0.3 is 9.72 Å². The summed E-state index contributed by atoms with van der Waals surface area (Å²) in [4.78, 5) is 14.2. The van der Waals surface area contributed by atoms with Crippen molar-refractivity contribution in [2.75, 3.05) is 7.11 Å². The molecular formula is C11H10BNO2. The van der Waals surface area contributed by atoms with Gasteiger partial charge >= 0.3 is 5.97 Å². The van der Waals surface area contributed by atoms with Crippen molar-refractivity contribution in [1.29, 1.82) is 0 Å². The van der Waals surface area contributed by atoms with E-state index >= 15 is 0 Å². The molecule has 74 valence electrons. The molecule has 2 rings (SSSR count). The molecule has 0 atom stereocenters. The molecule has 0 saturated carbocycles. The highest BCUT2D eigenvalue weighted by atomic mass is 16.5. The normalized spacial score (nSPS) is 10.5. The van der Waals surface area contributed by atoms with Gasteiger partial charge in [-0.1, -0.05) is 17.6 Å². The van der Waals surface area contributed by atoms with Gasteiger partial charge in [-0.2, -0.15) is 0 Å². The third kappa shape index (κ3) is 1.75. The van der Waals surface area contributed by atoms with E-state index in [0.29, 0.717) is 5.46 Å². The number of rotatable bonds is 2. The fraction of sp³-hybridized carbons (Fsp3) is 0.182. The summed E-state index contributed by atoms with van der Waals surface area (Å²) in [6.07, 6.45) is 2.03. The largest absolute Gasteiger partial charge is 0.469 e. The van der Waals surface area contributed by atoms with E-state index in [-0.39, 0.29) is 12.4 Å². The zero-order valence-electron chi connectivity index (χ0n) is 8.41. The second-order valence-electron chi connectivity index (χ2n) is 3.34. The number of carbonyl (C=O) groups excluding carboxylic acids is 1. The number of esters is 1. The minimum absolute atomic E-state index is 0.241. The smallest absolute Gasteiger partial charge is 0.310 e. The number of hydrogen-bond acceptors (Lipinski definition) is 2. The number of benzene rings is 1. The molecule has 3 nitrogen and oxygen atoms in total. The van der Waals surface area contributed by atoms with Crippen LogP contribution in [0, 0.1) is 0 Å². The van der Waals surface area contributed by atoms with Gasteiger partial charge in [-0.3, -0.25) is 4.79 Å². The van der Waals surface area contributed by atoms with Crippen LogP contribution >= 0.6 is 0 Å². The first-order chi connectivity index (χ1) is 7.22. The first kappa shape index (κ1) is 9.83. The molecule has 0 spiro atoms. The SMILES string of the molecule is [B]c1cccc2[nH]cc(CC(=O)OC)c12. The first-order valence-electron chi connectivity index (χ1n) is 4.63. The monoisotopic (exact) mass is 199 g/mol. The highest BCUT2D eigenvalue weighted by molar-refractivity contribution is 6.39. The Morgan fingerprint density at radius 2 is 2.33 bits per heavy atom.